The minimum atomic E-state index is -5.16. The average molecular weight is 1820 g/mol. The molecule has 0 bridgehead atoms. The third kappa shape index (κ3) is 19.9. The number of nitrogen functional groups attached to an aromatic ring is 1. The molecule has 3 atom stereocenters. The lowest BCUT2D eigenvalue weighted by molar-refractivity contribution is -0.386. The second-order valence-corrected chi connectivity index (χ2v) is 35.8. The number of alkyl carbamates (subject to hydrolysis) is 1. The molecule has 692 valence electrons. The summed E-state index contributed by atoms with van der Waals surface area (Å²) < 4.78 is 50.8. The van der Waals surface area contributed by atoms with Crippen molar-refractivity contribution in [3.05, 3.63) is 266 Å². The van der Waals surface area contributed by atoms with Gasteiger partial charge in [-0.3, -0.25) is 39.5 Å². The van der Waals surface area contributed by atoms with E-state index in [-0.39, 0.29) is 159 Å². The minimum absolute atomic E-state index is 0. The molecule has 8 aromatic rings. The quantitative estimate of drug-likeness (QED) is 0.00412. The molecule has 0 fully saturated rings. The van der Waals surface area contributed by atoms with E-state index in [1.807, 2.05) is 18.2 Å². The first-order valence-corrected chi connectivity index (χ1v) is 44.6. The highest BCUT2D eigenvalue weighted by Gasteiger charge is 2.44. The van der Waals surface area contributed by atoms with E-state index >= 15 is 0 Å². The molecule has 2 aliphatic heterocycles. The van der Waals surface area contributed by atoms with Crippen LogP contribution in [0.15, 0.2) is 149 Å². The molecule has 2 heterocycles. The van der Waals surface area contributed by atoms with E-state index in [0.717, 1.165) is 55.1 Å². The Kier molecular flexibility index (Phi) is 29.4. The summed E-state index contributed by atoms with van der Waals surface area (Å²) in [5, 5.41) is 64.7. The third-order valence-electron chi connectivity index (χ3n) is 25.2. The molecule has 33 nitrogen and oxygen atoms in total. The Morgan fingerprint density at radius 3 is 1.91 bits per heavy atom. The lowest BCUT2D eigenvalue weighted by Gasteiger charge is -2.42. The Morgan fingerprint density at radius 1 is 0.712 bits per heavy atom. The van der Waals surface area contributed by atoms with Crippen molar-refractivity contribution in [1.82, 2.24) is 36.1 Å². The number of fused-ring (bicyclic) bond motifs is 6. The zero-order valence-corrected chi connectivity index (χ0v) is 74.8. The number of aromatic hydroxyl groups is 2. The highest BCUT2D eigenvalue weighted by molar-refractivity contribution is 7.86. The number of benzene rings is 9. The van der Waals surface area contributed by atoms with Gasteiger partial charge in [0, 0.05) is 127 Å². The van der Waals surface area contributed by atoms with Crippen LogP contribution in [0.2, 0.25) is 0 Å². The van der Waals surface area contributed by atoms with Gasteiger partial charge in [-0.2, -0.15) is 11.8 Å². The molecule has 34 heteroatoms. The van der Waals surface area contributed by atoms with Crippen molar-refractivity contribution in [3.63, 3.8) is 0 Å². The van der Waals surface area contributed by atoms with Gasteiger partial charge in [0.1, 0.15) is 56.0 Å². The second kappa shape index (κ2) is 40.0. The van der Waals surface area contributed by atoms with Gasteiger partial charge in [-0.25, -0.2) is 32.2 Å². The van der Waals surface area contributed by atoms with E-state index in [9.17, 15) is 81.6 Å². The fourth-order valence-corrected chi connectivity index (χ4v) is 19.7. The number of aromatic carboxylic acids is 1. The number of nitro benzene ring substituents is 1. The first kappa shape index (κ1) is 96.9. The molecule has 3 unspecified atom stereocenters. The van der Waals surface area contributed by atoms with Gasteiger partial charge in [-0.05, 0) is 250 Å². The average Bonchev–Trinajstić information content (AvgIpc) is 0.691. The van der Waals surface area contributed by atoms with Crippen LogP contribution < -0.4 is 70.0 Å². The number of ether oxygens (including phenoxy) is 1. The minimum Gasteiger partial charge on any atom is -0.744 e. The number of carbonyl (C=O) groups is 9. The van der Waals surface area contributed by atoms with E-state index in [4.69, 9.17) is 32.1 Å². The molecule has 0 saturated heterocycles. The maximum absolute atomic E-state index is 14.9. The molecule has 6 aliphatic rings. The third-order valence-corrected chi connectivity index (χ3v) is 26.1. The number of anilines is 1. The maximum atomic E-state index is 14.9. The number of hydrogen-bond donors (Lipinski definition) is 12. The highest BCUT2D eigenvalue weighted by atomic mass is 32.2. The van der Waals surface area contributed by atoms with Crippen LogP contribution in [0.3, 0.4) is 0 Å². The number of nitro groups is 1. The molecule has 0 radical (unpaired) electrons. The normalized spacial score (nSPS) is 15.0. The topological polar surface area (TPSA) is 526 Å². The number of aryl methyl sites for hydroxylation is 1. The molecule has 6 amide bonds. The number of phenolic OH excluding ortho intramolecular Hbond substituents is 2. The van der Waals surface area contributed by atoms with Crippen molar-refractivity contribution in [3.8, 4) is 33.9 Å². The van der Waals surface area contributed by atoms with Crippen LogP contribution in [0.4, 0.5) is 16.2 Å². The van der Waals surface area contributed by atoms with Crippen LogP contribution >= 0.6 is 0 Å². The van der Waals surface area contributed by atoms with E-state index in [2.05, 4.69) is 107 Å². The monoisotopic (exact) mass is 1820 g/mol. The van der Waals surface area contributed by atoms with Gasteiger partial charge in [-0.1, -0.05) is 64.6 Å². The standard InChI is InChI=1S/C64H75N7O10.C33H29N5O11S.CH4/c1-9-70-52-34-51-49(33-48(52)37(2)35-63(70,4)5)57(50-31-41-18-12-16-40-17-13-21-47(56(40)41)58(50)64(51,6)7)44-19-10-11-20-45(44)60(75)69(8)29-14-22-55(73)68-36-39-23-25-43(53(30-39)71(78)79)38(3)80-62(77)67-28-15-27-66-59(74)42-24-26-46(54(72)32-42)61(76)81-65;1-15-23(34)9-7-20-26(21-8-10-24(35)29(50(45,46)47)28(21)48-27(15)20)18-5-3-16(13-22(18)32(42)43)30(40)37-11-2-12-38-31(41)17-4-6-19(25(39)14-17)33(44)49-36;/h10-11,19-20,23-26,30-34,37-38,40H,9,12-18,21-22,27-29,35-36,65H2,1-8H3,(H3-,66,67,68,72,73,74,76,77);3-10,13-14,34,39H,2,11-12,35-36H2,1H3,(H,37,40)(H,38,41)(H,42,43)(H,45,46,47);1H4/p+1. The molecule has 4 aliphatic carbocycles. The summed E-state index contributed by atoms with van der Waals surface area (Å²) in [6.45, 7) is 19.0. The van der Waals surface area contributed by atoms with Gasteiger partial charge in [0.25, 0.3) is 29.3 Å². The van der Waals surface area contributed by atoms with Crippen LogP contribution in [0, 0.1) is 17.0 Å². The summed E-state index contributed by atoms with van der Waals surface area (Å²) in [6, 6.07) is 36.8. The number of rotatable bonds is 28. The summed E-state index contributed by atoms with van der Waals surface area (Å²) in [4.78, 5) is 135. The Balaban J connectivity index is 0.000000264. The maximum Gasteiger partial charge on any atom is 0.407 e. The summed E-state index contributed by atoms with van der Waals surface area (Å²) in [7, 11) is -3.37. The number of nitrogens with two attached hydrogens (primary N) is 4. The summed E-state index contributed by atoms with van der Waals surface area (Å²) >= 11 is 0. The SMILES string of the molecule is C.CC[N+]1=c2cc3c(cc2C(C)CC1(C)C)=C(c1ccccc1C(=O)N(C)CCCC(=O)NCc1ccc(C(C)OC(=O)NCCCNC(=O)c2ccc(C(=O)ON)c(O)c2)c([N+](=O)[O-])c1)c1cc2c4c(c1C3(C)C)CCCC4CCC2.Cc1c2oc3c(S(=O)(=O)[O-])c(N)ccc3c(-c3ccc(C(=O)NCCCNC(=O)c4ccc(C(=O)ON)c(O)c4)cc3C(=O)O)c-2ccc1=[NH2+]. The predicted octanol–water partition coefficient (Wildman–Crippen LogP) is 9.83. The predicted molar refractivity (Wildman–Crippen MR) is 490 cm³/mol. The van der Waals surface area contributed by atoms with Crippen LogP contribution in [0.5, 0.6) is 11.5 Å². The summed E-state index contributed by atoms with van der Waals surface area (Å²) in [5.41, 5.74) is 18.2. The first-order chi connectivity index (χ1) is 62.3. The van der Waals surface area contributed by atoms with Crippen molar-refractivity contribution in [2.24, 2.45) is 11.8 Å². The van der Waals surface area contributed by atoms with E-state index in [1.54, 1.807) is 42.6 Å². The van der Waals surface area contributed by atoms with Gasteiger partial charge in [-0.15, -0.1) is 0 Å². The van der Waals surface area contributed by atoms with Gasteiger partial charge < -0.3 is 75.9 Å². The van der Waals surface area contributed by atoms with E-state index in [0.29, 0.717) is 53.5 Å². The number of amides is 6. The largest absolute Gasteiger partial charge is 0.744 e. The zero-order valence-electron chi connectivity index (χ0n) is 74.0. The second-order valence-electron chi connectivity index (χ2n) is 34.5. The molecular formula is C98H109N12O21S+. The Bertz CT molecular complexity index is 6640. The number of nitrogens with zero attached hydrogens (tertiary/aromatic N) is 3. The van der Waals surface area contributed by atoms with E-state index < -0.39 is 79.3 Å². The zero-order chi connectivity index (χ0) is 94.6. The highest BCUT2D eigenvalue weighted by Crippen LogP contribution is 2.52. The molecule has 132 heavy (non-hydrogen) atoms. The van der Waals surface area contributed by atoms with Crippen LogP contribution in [0.1, 0.15) is 265 Å². The van der Waals surface area contributed by atoms with Crippen LogP contribution in [-0.2, 0) is 54.1 Å². The molecule has 16 N–H and O–H groups in total. The van der Waals surface area contributed by atoms with Crippen LogP contribution in [0.25, 0.3) is 39.0 Å². The molecule has 14 rings (SSSR count). The number of carboxylic acid groups (broad SMARTS) is 1. The van der Waals surface area contributed by atoms with Crippen molar-refractivity contribution in [2.45, 2.75) is 174 Å². The van der Waals surface area contributed by atoms with Crippen molar-refractivity contribution in [1.29, 1.82) is 0 Å². The number of nitrogens with one attached hydrogen (secondary N) is 5. The molecule has 8 aromatic carbocycles. The van der Waals surface area contributed by atoms with Gasteiger partial charge in [0.05, 0.1) is 27.3 Å². The molecule has 0 aromatic heterocycles. The molecule has 0 spiro atoms. The lowest BCUT2D eigenvalue weighted by Crippen LogP contribution is -2.53. The Labute approximate surface area is 761 Å². The summed E-state index contributed by atoms with van der Waals surface area (Å²) in [6.07, 6.45) is 7.28. The van der Waals surface area contributed by atoms with Gasteiger partial charge in [0.15, 0.2) is 11.1 Å². The van der Waals surface area contributed by atoms with E-state index in [1.165, 1.54) is 137 Å². The van der Waals surface area contributed by atoms with Gasteiger partial charge >= 0.3 is 24.0 Å². The van der Waals surface area contributed by atoms with Crippen molar-refractivity contribution in [2.75, 3.05) is 52.0 Å². The van der Waals surface area contributed by atoms with Crippen molar-refractivity contribution >= 4 is 91.6 Å². The summed E-state index contributed by atoms with van der Waals surface area (Å²) in [5.74, 6) is 4.27. The van der Waals surface area contributed by atoms with Gasteiger partial charge in [0.2, 0.25) is 16.6 Å². The number of carbonyl (C=O) groups excluding carboxylic acids is 8. The number of phenols is 2. The first-order valence-electron chi connectivity index (χ1n) is 43.2. The van der Waals surface area contributed by atoms with Crippen molar-refractivity contribution < 1.29 is 101 Å². The number of carboxylic acids is 1. The molecular weight excluding hydrogens is 1710 g/mol. The molecule has 0 saturated carbocycles. The fourth-order valence-electron chi connectivity index (χ4n) is 18.9. The lowest BCUT2D eigenvalue weighted by atomic mass is 9.61. The number of hydrogen-bond acceptors (Lipinski definition) is 23. The Hall–Kier alpha value is -14.2. The smallest absolute Gasteiger partial charge is 0.407 e. The Morgan fingerprint density at radius 2 is 1.31 bits per heavy atom. The van der Waals surface area contributed by atoms with Crippen LogP contribution in [-0.4, -0.2) is 144 Å². The fraction of sp³-hybridized carbons (Fsp3) is 0.337.